The quantitative estimate of drug-likeness (QED) is 0.738. The summed E-state index contributed by atoms with van der Waals surface area (Å²) in [5.41, 5.74) is 1.66. The van der Waals surface area contributed by atoms with E-state index in [2.05, 4.69) is 0 Å². The van der Waals surface area contributed by atoms with Crippen LogP contribution in [0.15, 0.2) is 12.1 Å². The van der Waals surface area contributed by atoms with E-state index in [1.165, 1.54) is 19.1 Å². The highest BCUT2D eigenvalue weighted by Crippen LogP contribution is 2.30. The molecule has 0 unspecified atom stereocenters. The first-order chi connectivity index (χ1) is 9.87. The van der Waals surface area contributed by atoms with Crippen LogP contribution in [0.4, 0.5) is 0 Å². The number of methoxy groups -OCH3 is 2. The van der Waals surface area contributed by atoms with E-state index >= 15 is 0 Å². The monoisotopic (exact) mass is 297 g/mol. The van der Waals surface area contributed by atoms with Gasteiger partial charge in [0.25, 0.3) is 0 Å². The lowest BCUT2D eigenvalue weighted by Gasteiger charge is -2.20. The fourth-order valence-corrected chi connectivity index (χ4v) is 1.98. The van der Waals surface area contributed by atoms with Crippen molar-refractivity contribution < 1.29 is 29.3 Å². The summed E-state index contributed by atoms with van der Waals surface area (Å²) in [7, 11) is 3.03. The number of carbonyl (C=O) groups is 2. The number of hydrogen-bond donors (Lipinski definition) is 2. The van der Waals surface area contributed by atoms with Gasteiger partial charge >= 0.3 is 11.9 Å². The molecule has 0 bridgehead atoms. The maximum atomic E-state index is 10.8. The van der Waals surface area contributed by atoms with E-state index in [0.717, 1.165) is 11.1 Å². The van der Waals surface area contributed by atoms with Crippen molar-refractivity contribution in [2.75, 3.05) is 27.3 Å². The SMILES string of the molecule is COc1cc(C)c(CN(CC(=O)O)CC(=O)O)cc1OC. The molecule has 0 radical (unpaired) electrons. The third-order valence-electron chi connectivity index (χ3n) is 2.95. The largest absolute Gasteiger partial charge is 0.493 e. The number of nitrogens with zero attached hydrogens (tertiary/aromatic N) is 1. The first kappa shape index (κ1) is 16.8. The van der Waals surface area contributed by atoms with Gasteiger partial charge in [-0.15, -0.1) is 0 Å². The zero-order chi connectivity index (χ0) is 16.0. The topological polar surface area (TPSA) is 96.3 Å². The zero-order valence-corrected chi connectivity index (χ0v) is 12.3. The molecule has 0 spiro atoms. The maximum Gasteiger partial charge on any atom is 0.317 e. The first-order valence-corrected chi connectivity index (χ1v) is 6.24. The van der Waals surface area contributed by atoms with E-state index in [0.29, 0.717) is 11.5 Å². The van der Waals surface area contributed by atoms with Gasteiger partial charge in [-0.2, -0.15) is 0 Å². The van der Waals surface area contributed by atoms with Gasteiger partial charge in [0.05, 0.1) is 27.3 Å². The second-order valence-electron chi connectivity index (χ2n) is 4.57. The van der Waals surface area contributed by atoms with Crippen LogP contribution in [0.1, 0.15) is 11.1 Å². The number of carboxylic acid groups (broad SMARTS) is 2. The lowest BCUT2D eigenvalue weighted by molar-refractivity contribution is -0.142. The van der Waals surface area contributed by atoms with E-state index in [9.17, 15) is 9.59 Å². The van der Waals surface area contributed by atoms with E-state index < -0.39 is 11.9 Å². The third kappa shape index (κ3) is 4.96. The second kappa shape index (κ2) is 7.49. The molecule has 116 valence electrons. The van der Waals surface area contributed by atoms with Gasteiger partial charge in [-0.1, -0.05) is 0 Å². The molecule has 0 aliphatic carbocycles. The van der Waals surface area contributed by atoms with E-state index in [-0.39, 0.29) is 19.6 Å². The molecule has 0 saturated carbocycles. The highest BCUT2D eigenvalue weighted by atomic mass is 16.5. The Morgan fingerprint density at radius 3 is 1.95 bits per heavy atom. The van der Waals surface area contributed by atoms with Crippen LogP contribution in [0.5, 0.6) is 11.5 Å². The van der Waals surface area contributed by atoms with Gasteiger partial charge < -0.3 is 19.7 Å². The summed E-state index contributed by atoms with van der Waals surface area (Å²) >= 11 is 0. The van der Waals surface area contributed by atoms with Crippen LogP contribution in [-0.2, 0) is 16.1 Å². The maximum absolute atomic E-state index is 10.8. The molecule has 7 nitrogen and oxygen atoms in total. The van der Waals surface area contributed by atoms with Crippen molar-refractivity contribution in [1.29, 1.82) is 0 Å². The van der Waals surface area contributed by atoms with Crippen LogP contribution in [0, 0.1) is 6.92 Å². The Balaban J connectivity index is 3.01. The summed E-state index contributed by atoms with van der Waals surface area (Å²) in [5, 5.41) is 17.7. The van der Waals surface area contributed by atoms with Crippen LogP contribution in [-0.4, -0.2) is 54.4 Å². The molecular weight excluding hydrogens is 278 g/mol. The Labute approximate surface area is 122 Å². The van der Waals surface area contributed by atoms with Crippen molar-refractivity contribution in [2.24, 2.45) is 0 Å². The lowest BCUT2D eigenvalue weighted by atomic mass is 10.1. The molecule has 0 aliphatic rings. The molecule has 21 heavy (non-hydrogen) atoms. The highest BCUT2D eigenvalue weighted by Gasteiger charge is 2.16. The number of hydrogen-bond acceptors (Lipinski definition) is 5. The second-order valence-corrected chi connectivity index (χ2v) is 4.57. The Kier molecular flexibility index (Phi) is 5.98. The molecule has 0 atom stereocenters. The Morgan fingerprint density at radius 2 is 1.52 bits per heavy atom. The molecule has 0 fully saturated rings. The normalized spacial score (nSPS) is 10.5. The van der Waals surface area contributed by atoms with Crippen molar-refractivity contribution in [2.45, 2.75) is 13.5 Å². The molecule has 2 N–H and O–H groups in total. The van der Waals surface area contributed by atoms with Crippen molar-refractivity contribution in [3.63, 3.8) is 0 Å². The van der Waals surface area contributed by atoms with Crippen LogP contribution in [0.3, 0.4) is 0 Å². The number of carboxylic acids is 2. The summed E-state index contributed by atoms with van der Waals surface area (Å²) in [6, 6.07) is 3.50. The Bertz CT molecular complexity index is 512. The van der Waals surface area contributed by atoms with Gasteiger partial charge in [0.15, 0.2) is 11.5 Å². The molecule has 0 saturated heterocycles. The van der Waals surface area contributed by atoms with Crippen LogP contribution in [0.2, 0.25) is 0 Å². The predicted molar refractivity (Wildman–Crippen MR) is 74.8 cm³/mol. The van der Waals surface area contributed by atoms with Crippen LogP contribution < -0.4 is 9.47 Å². The minimum atomic E-state index is -1.07. The lowest BCUT2D eigenvalue weighted by Crippen LogP contribution is -2.34. The third-order valence-corrected chi connectivity index (χ3v) is 2.95. The minimum Gasteiger partial charge on any atom is -0.493 e. The van der Waals surface area contributed by atoms with E-state index in [4.69, 9.17) is 19.7 Å². The van der Waals surface area contributed by atoms with Crippen LogP contribution in [0.25, 0.3) is 0 Å². The molecule has 0 heterocycles. The summed E-state index contributed by atoms with van der Waals surface area (Å²) < 4.78 is 10.4. The van der Waals surface area contributed by atoms with Crippen molar-refractivity contribution in [1.82, 2.24) is 4.90 Å². The van der Waals surface area contributed by atoms with Crippen LogP contribution >= 0.6 is 0 Å². The Morgan fingerprint density at radius 1 is 1.05 bits per heavy atom. The summed E-state index contributed by atoms with van der Waals surface area (Å²) in [6.07, 6.45) is 0. The van der Waals surface area contributed by atoms with Gasteiger partial charge in [-0.25, -0.2) is 0 Å². The summed E-state index contributed by atoms with van der Waals surface area (Å²) in [6.45, 7) is 1.35. The van der Waals surface area contributed by atoms with Gasteiger partial charge in [0.2, 0.25) is 0 Å². The number of aryl methyl sites for hydroxylation is 1. The van der Waals surface area contributed by atoms with E-state index in [1.54, 1.807) is 12.1 Å². The predicted octanol–water partition coefficient (Wildman–Crippen LogP) is 0.983. The average Bonchev–Trinajstić information content (AvgIpc) is 2.38. The van der Waals surface area contributed by atoms with Gasteiger partial charge in [0, 0.05) is 6.54 Å². The first-order valence-electron chi connectivity index (χ1n) is 6.24. The van der Waals surface area contributed by atoms with Gasteiger partial charge in [0.1, 0.15) is 0 Å². The highest BCUT2D eigenvalue weighted by molar-refractivity contribution is 5.72. The number of aliphatic carboxylic acids is 2. The molecule has 1 aromatic carbocycles. The molecule has 0 aromatic heterocycles. The summed E-state index contributed by atoms with van der Waals surface area (Å²) in [4.78, 5) is 23.0. The van der Waals surface area contributed by atoms with Crippen molar-refractivity contribution in [3.8, 4) is 11.5 Å². The van der Waals surface area contributed by atoms with Crippen molar-refractivity contribution >= 4 is 11.9 Å². The fraction of sp³-hybridized carbons (Fsp3) is 0.429. The molecule has 7 heteroatoms. The smallest absolute Gasteiger partial charge is 0.317 e. The number of ether oxygens (including phenoxy) is 2. The minimum absolute atomic E-state index is 0.199. The average molecular weight is 297 g/mol. The zero-order valence-electron chi connectivity index (χ0n) is 12.3. The number of rotatable bonds is 8. The molecule has 1 rings (SSSR count). The molecule has 1 aromatic rings. The molecule has 0 amide bonds. The summed E-state index contributed by atoms with van der Waals surface area (Å²) in [5.74, 6) is -1.06. The fourth-order valence-electron chi connectivity index (χ4n) is 1.98. The van der Waals surface area contributed by atoms with Gasteiger partial charge in [-0.3, -0.25) is 14.5 Å². The van der Waals surface area contributed by atoms with Gasteiger partial charge in [-0.05, 0) is 30.2 Å². The number of benzene rings is 1. The molecular formula is C14H19NO6. The Hall–Kier alpha value is -2.28. The molecule has 0 aliphatic heterocycles. The van der Waals surface area contributed by atoms with Crippen molar-refractivity contribution in [3.05, 3.63) is 23.3 Å². The standard InChI is InChI=1S/C14H19NO6/c1-9-4-11(20-2)12(21-3)5-10(9)6-15(7-13(16)17)8-14(18)19/h4-5H,6-8H2,1-3H3,(H,16,17)(H,18,19). The van der Waals surface area contributed by atoms with E-state index in [1.807, 2.05) is 6.92 Å².